The molecule has 2 heterocycles. The van der Waals surface area contributed by atoms with E-state index in [9.17, 15) is 0 Å². The van der Waals surface area contributed by atoms with Crippen LogP contribution in [0.4, 0.5) is 0 Å². The van der Waals surface area contributed by atoms with Gasteiger partial charge >= 0.3 is 53.5 Å². The SMILES string of the molecule is CCc1ccccc1-c1c(CC)ccc2[cH-]c(-c3cc(C)c(C)o3)cc12.CCc1ccccc1-c1c(CC)ccc2[cH-]c(-c3cc(C)c(C)o3)cc12.C[Si](C)=[Zr]([Cl])[Cl]. The van der Waals surface area contributed by atoms with E-state index in [1.807, 2.05) is 13.8 Å². The van der Waals surface area contributed by atoms with Crippen molar-refractivity contribution in [1.82, 2.24) is 0 Å². The van der Waals surface area contributed by atoms with Crippen molar-refractivity contribution in [3.63, 3.8) is 0 Å². The summed E-state index contributed by atoms with van der Waals surface area (Å²) in [5.41, 5.74) is 15.6. The summed E-state index contributed by atoms with van der Waals surface area (Å²) >= 11 is -1.65. The summed E-state index contributed by atoms with van der Waals surface area (Å²) < 4.78 is 12.0. The molecule has 0 saturated carbocycles. The first-order valence-electron chi connectivity index (χ1n) is 20.6. The second kappa shape index (κ2) is 19.6. The fourth-order valence-electron chi connectivity index (χ4n) is 7.74. The van der Waals surface area contributed by atoms with Crippen LogP contribution >= 0.6 is 17.0 Å². The number of aryl methyl sites for hydroxylation is 8. The van der Waals surface area contributed by atoms with E-state index in [0.29, 0.717) is 0 Å². The quantitative estimate of drug-likeness (QED) is 0.112. The molecule has 0 unspecified atom stereocenters. The average molecular weight is 903 g/mol. The Hall–Kier alpha value is -3.66. The Morgan fingerprint density at radius 2 is 0.879 bits per heavy atom. The molecular weight excluding hydrogens is 847 g/mol. The summed E-state index contributed by atoms with van der Waals surface area (Å²) in [5, 5.41) is 5.22. The average Bonchev–Trinajstić information content (AvgIpc) is 4.02. The van der Waals surface area contributed by atoms with Crippen LogP contribution in [0.3, 0.4) is 0 Å². The van der Waals surface area contributed by atoms with Crippen LogP contribution in [0.5, 0.6) is 0 Å². The zero-order chi connectivity index (χ0) is 41.7. The molecule has 8 aromatic rings. The number of fused-ring (bicyclic) bond motifs is 2. The van der Waals surface area contributed by atoms with E-state index in [1.54, 1.807) is 0 Å². The van der Waals surface area contributed by atoms with Gasteiger partial charge in [-0.25, -0.2) is 0 Å². The van der Waals surface area contributed by atoms with E-state index in [-0.39, 0.29) is 5.43 Å². The molecule has 0 atom stereocenters. The zero-order valence-electron chi connectivity index (χ0n) is 35.8. The molecule has 0 amide bonds. The predicted molar refractivity (Wildman–Crippen MR) is 251 cm³/mol. The van der Waals surface area contributed by atoms with Crippen molar-refractivity contribution in [2.75, 3.05) is 0 Å². The van der Waals surface area contributed by atoms with Gasteiger partial charge in [-0.3, -0.25) is 0 Å². The van der Waals surface area contributed by atoms with Gasteiger partial charge in [0.15, 0.2) is 0 Å². The topological polar surface area (TPSA) is 26.3 Å². The third-order valence-electron chi connectivity index (χ3n) is 11.3. The van der Waals surface area contributed by atoms with Gasteiger partial charge < -0.3 is 8.83 Å². The van der Waals surface area contributed by atoms with E-state index in [4.69, 9.17) is 25.9 Å². The number of rotatable bonds is 8. The summed E-state index contributed by atoms with van der Waals surface area (Å²) in [7, 11) is 11.2. The van der Waals surface area contributed by atoms with Crippen LogP contribution in [0, 0.1) is 27.7 Å². The van der Waals surface area contributed by atoms with Crippen LogP contribution in [-0.2, 0) is 43.7 Å². The monoisotopic (exact) mass is 900 g/mol. The van der Waals surface area contributed by atoms with Gasteiger partial charge in [0.05, 0.1) is 23.0 Å². The Bertz CT molecular complexity index is 2480. The molecule has 0 bridgehead atoms. The Morgan fingerprint density at radius 3 is 1.19 bits per heavy atom. The van der Waals surface area contributed by atoms with Crippen LogP contribution in [0.25, 0.3) is 66.4 Å². The molecule has 8 rings (SSSR count). The summed E-state index contributed by atoms with van der Waals surface area (Å²) in [4.78, 5) is 0. The van der Waals surface area contributed by atoms with Gasteiger partial charge in [-0.1, -0.05) is 111 Å². The van der Waals surface area contributed by atoms with E-state index in [1.165, 1.54) is 88.3 Å². The Kier molecular flexibility index (Phi) is 14.8. The van der Waals surface area contributed by atoms with E-state index in [0.717, 1.165) is 48.7 Å². The third-order valence-corrected chi connectivity index (χ3v) is 31.1. The van der Waals surface area contributed by atoms with Crippen LogP contribution in [0.15, 0.2) is 118 Å². The molecular formula is C52H56Cl2O2SiZr-2. The van der Waals surface area contributed by atoms with Crippen LogP contribution < -0.4 is 0 Å². The number of hydrogen-bond acceptors (Lipinski definition) is 2. The van der Waals surface area contributed by atoms with Gasteiger partial charge in [0, 0.05) is 0 Å². The maximum atomic E-state index is 5.98. The first kappa shape index (κ1) is 43.9. The number of hydrogen-bond donors (Lipinski definition) is 0. The molecule has 6 heteroatoms. The summed E-state index contributed by atoms with van der Waals surface area (Å²) in [5.74, 6) is 3.92. The van der Waals surface area contributed by atoms with Gasteiger partial charge in [-0.15, -0.1) is 57.9 Å². The summed E-state index contributed by atoms with van der Waals surface area (Å²) in [6, 6.07) is 40.1. The van der Waals surface area contributed by atoms with Crippen molar-refractivity contribution in [3.8, 4) is 44.9 Å². The fraction of sp³-hybridized carbons (Fsp3) is 0.269. The molecule has 6 aromatic carbocycles. The molecule has 2 nitrogen and oxygen atoms in total. The van der Waals surface area contributed by atoms with Crippen LogP contribution in [0.2, 0.25) is 13.1 Å². The van der Waals surface area contributed by atoms with Crippen molar-refractivity contribution in [2.24, 2.45) is 0 Å². The molecule has 0 aliphatic carbocycles. The fourth-order valence-corrected chi connectivity index (χ4v) is 7.74. The van der Waals surface area contributed by atoms with Gasteiger partial charge in [0.1, 0.15) is 0 Å². The maximum absolute atomic E-state index is 5.98. The van der Waals surface area contributed by atoms with Crippen molar-refractivity contribution < 1.29 is 26.8 Å². The number of benzene rings is 4. The molecule has 0 fully saturated rings. The molecule has 58 heavy (non-hydrogen) atoms. The standard InChI is InChI=1S/2C25H25O.C2H6Si.2ClH.Zr/c2*1-5-18-9-7-8-10-22(18)25-19(6-2)11-12-20-14-21(15-23(20)25)24-13-16(3)17(4)26-24;1-3-2;;;/h2*7-15H,5-6H2,1-4H3;1-2H3;2*1H;/q2*-1;;;;+2/p-2. The van der Waals surface area contributed by atoms with Crippen LogP contribution in [-0.4, -0.2) is 5.43 Å². The zero-order valence-corrected chi connectivity index (χ0v) is 40.8. The molecule has 0 spiro atoms. The van der Waals surface area contributed by atoms with E-state index in [2.05, 4.69) is 164 Å². The molecule has 0 N–H and O–H groups in total. The summed E-state index contributed by atoms with van der Waals surface area (Å²) in [6.45, 7) is 21.5. The molecule has 0 aliphatic rings. The Balaban J connectivity index is 0.000000172. The van der Waals surface area contributed by atoms with Crippen LogP contribution in [0.1, 0.15) is 72.6 Å². The van der Waals surface area contributed by atoms with Gasteiger partial charge in [-0.05, 0) is 110 Å². The molecule has 0 radical (unpaired) electrons. The van der Waals surface area contributed by atoms with Crippen molar-refractivity contribution >= 4 is 44.0 Å². The normalized spacial score (nSPS) is 11.0. The third kappa shape index (κ3) is 9.53. The number of halogens is 2. The van der Waals surface area contributed by atoms with Crippen molar-refractivity contribution in [1.29, 1.82) is 0 Å². The predicted octanol–water partition coefficient (Wildman–Crippen LogP) is 16.6. The van der Waals surface area contributed by atoms with E-state index >= 15 is 0 Å². The second-order valence-electron chi connectivity index (χ2n) is 15.4. The summed E-state index contributed by atoms with van der Waals surface area (Å²) in [6.07, 6.45) is 4.14. The molecule has 2 aromatic heterocycles. The van der Waals surface area contributed by atoms with Gasteiger partial charge in [0.25, 0.3) is 0 Å². The van der Waals surface area contributed by atoms with E-state index < -0.39 is 18.0 Å². The molecule has 0 aliphatic heterocycles. The Morgan fingerprint density at radius 1 is 0.517 bits per heavy atom. The Labute approximate surface area is 361 Å². The number of furan rings is 2. The second-order valence-corrected chi connectivity index (χ2v) is 38.4. The van der Waals surface area contributed by atoms with Gasteiger partial charge in [0.2, 0.25) is 0 Å². The van der Waals surface area contributed by atoms with Gasteiger partial charge in [-0.2, -0.15) is 0 Å². The first-order chi connectivity index (χ1) is 27.9. The van der Waals surface area contributed by atoms with Crippen molar-refractivity contribution in [3.05, 3.63) is 154 Å². The minimum absolute atomic E-state index is 0.224. The first-order valence-corrected chi connectivity index (χ1v) is 33.1. The molecule has 300 valence electrons. The van der Waals surface area contributed by atoms with Crippen molar-refractivity contribution in [2.45, 2.75) is 94.2 Å². The minimum atomic E-state index is -1.65. The molecule has 0 saturated heterocycles.